The number of aryl methyl sites for hydroxylation is 1. The number of aromatic nitrogens is 1. The molecule has 21 heavy (non-hydrogen) atoms. The zero-order valence-electron chi connectivity index (χ0n) is 12.6. The number of rotatable bonds is 6. The fraction of sp³-hybridized carbons (Fsp3) is 0.438. The van der Waals surface area contributed by atoms with Crippen LogP contribution in [0.4, 0.5) is 4.39 Å². The molecule has 1 aromatic heterocycles. The Hall–Kier alpha value is -1.30. The maximum atomic E-state index is 13.0. The molecular weight excluding hydrogens is 287 g/mol. The van der Waals surface area contributed by atoms with Crippen molar-refractivity contribution < 1.29 is 9.50 Å². The van der Waals surface area contributed by atoms with Gasteiger partial charge in [-0.1, -0.05) is 6.92 Å². The maximum absolute atomic E-state index is 13.0. The summed E-state index contributed by atoms with van der Waals surface area (Å²) in [6.45, 7) is 6.23. The molecule has 0 bridgehead atoms. The van der Waals surface area contributed by atoms with E-state index in [4.69, 9.17) is 0 Å². The van der Waals surface area contributed by atoms with Crippen LogP contribution in [-0.4, -0.2) is 22.7 Å². The SMILES string of the molecule is CCC(CO)NC(C)c1sc(-c2ccc(F)cc2)nc1C. The number of nitrogens with zero attached hydrogens (tertiary/aromatic N) is 1. The normalized spacial score (nSPS) is 14.1. The standard InChI is InChI=1S/C16H21FN2OS/c1-4-14(9-20)18-10(2)15-11(3)19-16(21-15)12-5-7-13(17)8-6-12/h5-8,10,14,18,20H,4,9H2,1-3H3. The second-order valence-electron chi connectivity index (χ2n) is 5.15. The van der Waals surface area contributed by atoms with Crippen LogP contribution in [0, 0.1) is 12.7 Å². The van der Waals surface area contributed by atoms with E-state index >= 15 is 0 Å². The number of aliphatic hydroxyl groups is 1. The summed E-state index contributed by atoms with van der Waals surface area (Å²) in [6.07, 6.45) is 0.878. The lowest BCUT2D eigenvalue weighted by atomic mass is 10.1. The zero-order chi connectivity index (χ0) is 15.4. The van der Waals surface area contributed by atoms with E-state index in [9.17, 15) is 9.50 Å². The summed E-state index contributed by atoms with van der Waals surface area (Å²) in [6, 6.07) is 6.62. The first kappa shape index (κ1) is 16.1. The molecule has 2 aromatic rings. The summed E-state index contributed by atoms with van der Waals surface area (Å²) in [5.74, 6) is -0.240. The molecule has 5 heteroatoms. The molecule has 0 aliphatic rings. The average molecular weight is 308 g/mol. The van der Waals surface area contributed by atoms with Crippen molar-refractivity contribution >= 4 is 11.3 Å². The summed E-state index contributed by atoms with van der Waals surface area (Å²) >= 11 is 1.61. The van der Waals surface area contributed by atoms with Gasteiger partial charge in [0.1, 0.15) is 10.8 Å². The molecule has 0 amide bonds. The van der Waals surface area contributed by atoms with E-state index in [2.05, 4.69) is 17.2 Å². The predicted octanol–water partition coefficient (Wildman–Crippen LogP) is 3.68. The lowest BCUT2D eigenvalue weighted by Crippen LogP contribution is -2.33. The van der Waals surface area contributed by atoms with Crippen LogP contribution < -0.4 is 5.32 Å². The molecule has 2 unspecified atom stereocenters. The van der Waals surface area contributed by atoms with E-state index in [1.165, 1.54) is 12.1 Å². The summed E-state index contributed by atoms with van der Waals surface area (Å²) in [4.78, 5) is 5.74. The van der Waals surface area contributed by atoms with Crippen molar-refractivity contribution in [2.45, 2.75) is 39.3 Å². The van der Waals surface area contributed by atoms with Crippen LogP contribution >= 0.6 is 11.3 Å². The Morgan fingerprint density at radius 3 is 2.57 bits per heavy atom. The third-order valence-corrected chi connectivity index (χ3v) is 4.91. The van der Waals surface area contributed by atoms with Crippen LogP contribution in [0.15, 0.2) is 24.3 Å². The van der Waals surface area contributed by atoms with Crippen molar-refractivity contribution in [2.24, 2.45) is 0 Å². The Balaban J connectivity index is 2.20. The maximum Gasteiger partial charge on any atom is 0.123 e. The van der Waals surface area contributed by atoms with E-state index in [-0.39, 0.29) is 24.5 Å². The molecule has 0 saturated carbocycles. The van der Waals surface area contributed by atoms with Crippen molar-refractivity contribution in [1.82, 2.24) is 10.3 Å². The van der Waals surface area contributed by atoms with Crippen LogP contribution in [-0.2, 0) is 0 Å². The van der Waals surface area contributed by atoms with E-state index in [1.807, 2.05) is 13.8 Å². The summed E-state index contributed by atoms with van der Waals surface area (Å²) < 4.78 is 13.0. The van der Waals surface area contributed by atoms with Gasteiger partial charge in [-0.05, 0) is 44.5 Å². The third kappa shape index (κ3) is 3.87. The van der Waals surface area contributed by atoms with Crippen LogP contribution in [0.3, 0.4) is 0 Å². The van der Waals surface area contributed by atoms with Gasteiger partial charge in [0.05, 0.1) is 12.3 Å². The predicted molar refractivity (Wildman–Crippen MR) is 85.0 cm³/mol. The molecule has 0 aliphatic heterocycles. The first-order chi connectivity index (χ1) is 10.0. The number of halogens is 1. The molecular formula is C16H21FN2OS. The molecule has 1 heterocycles. The molecule has 2 rings (SSSR count). The molecule has 2 N–H and O–H groups in total. The Morgan fingerprint density at radius 1 is 1.33 bits per heavy atom. The molecule has 0 saturated heterocycles. The van der Waals surface area contributed by atoms with Gasteiger partial charge in [0.2, 0.25) is 0 Å². The molecule has 0 aliphatic carbocycles. The van der Waals surface area contributed by atoms with Gasteiger partial charge in [0, 0.05) is 22.5 Å². The van der Waals surface area contributed by atoms with Crippen molar-refractivity contribution in [1.29, 1.82) is 0 Å². The first-order valence-corrected chi connectivity index (χ1v) is 7.97. The van der Waals surface area contributed by atoms with E-state index < -0.39 is 0 Å². The monoisotopic (exact) mass is 308 g/mol. The van der Waals surface area contributed by atoms with Crippen LogP contribution in [0.5, 0.6) is 0 Å². The van der Waals surface area contributed by atoms with Gasteiger partial charge in [0.15, 0.2) is 0 Å². The van der Waals surface area contributed by atoms with E-state index in [0.29, 0.717) is 0 Å². The molecule has 3 nitrogen and oxygen atoms in total. The highest BCUT2D eigenvalue weighted by molar-refractivity contribution is 7.15. The number of aliphatic hydroxyl groups excluding tert-OH is 1. The Bertz CT molecular complexity index is 578. The quantitative estimate of drug-likeness (QED) is 0.855. The summed E-state index contributed by atoms with van der Waals surface area (Å²) in [5.41, 5.74) is 1.91. The Morgan fingerprint density at radius 2 is 2.00 bits per heavy atom. The minimum absolute atomic E-state index is 0.0933. The van der Waals surface area contributed by atoms with Crippen molar-refractivity contribution in [3.63, 3.8) is 0 Å². The minimum atomic E-state index is -0.240. The second kappa shape index (κ2) is 7.11. The number of thiazole rings is 1. The van der Waals surface area contributed by atoms with Crippen molar-refractivity contribution in [2.75, 3.05) is 6.61 Å². The average Bonchev–Trinajstić information content (AvgIpc) is 2.87. The topological polar surface area (TPSA) is 45.1 Å². The molecule has 114 valence electrons. The first-order valence-electron chi connectivity index (χ1n) is 7.15. The third-order valence-electron chi connectivity index (χ3n) is 3.52. The molecule has 1 aromatic carbocycles. The van der Waals surface area contributed by atoms with Gasteiger partial charge in [-0.25, -0.2) is 9.37 Å². The zero-order valence-corrected chi connectivity index (χ0v) is 13.4. The van der Waals surface area contributed by atoms with Gasteiger partial charge in [-0.15, -0.1) is 11.3 Å². The molecule has 0 fully saturated rings. The minimum Gasteiger partial charge on any atom is -0.395 e. The fourth-order valence-corrected chi connectivity index (χ4v) is 3.34. The van der Waals surface area contributed by atoms with Crippen molar-refractivity contribution in [3.8, 4) is 10.6 Å². The Kier molecular flexibility index (Phi) is 5.45. The van der Waals surface area contributed by atoms with Gasteiger partial charge >= 0.3 is 0 Å². The fourth-order valence-electron chi connectivity index (χ4n) is 2.25. The second-order valence-corrected chi connectivity index (χ2v) is 6.18. The van der Waals surface area contributed by atoms with Crippen LogP contribution in [0.2, 0.25) is 0 Å². The van der Waals surface area contributed by atoms with Crippen molar-refractivity contribution in [3.05, 3.63) is 40.7 Å². The number of benzene rings is 1. The van der Waals surface area contributed by atoms with Gasteiger partial charge < -0.3 is 10.4 Å². The van der Waals surface area contributed by atoms with Crippen LogP contribution in [0.25, 0.3) is 10.6 Å². The number of hydrogen-bond acceptors (Lipinski definition) is 4. The number of nitrogens with one attached hydrogen (secondary N) is 1. The Labute approximate surface area is 128 Å². The van der Waals surface area contributed by atoms with Gasteiger partial charge in [0.25, 0.3) is 0 Å². The summed E-state index contributed by atoms with van der Waals surface area (Å²) in [7, 11) is 0. The lowest BCUT2D eigenvalue weighted by Gasteiger charge is -2.19. The molecule has 2 atom stereocenters. The lowest BCUT2D eigenvalue weighted by molar-refractivity contribution is 0.230. The molecule has 0 radical (unpaired) electrons. The van der Waals surface area contributed by atoms with E-state index in [0.717, 1.165) is 27.6 Å². The van der Waals surface area contributed by atoms with Crippen LogP contribution in [0.1, 0.15) is 36.9 Å². The smallest absolute Gasteiger partial charge is 0.123 e. The highest BCUT2D eigenvalue weighted by atomic mass is 32.1. The van der Waals surface area contributed by atoms with Gasteiger partial charge in [-0.3, -0.25) is 0 Å². The number of hydrogen-bond donors (Lipinski definition) is 2. The van der Waals surface area contributed by atoms with Gasteiger partial charge in [-0.2, -0.15) is 0 Å². The summed E-state index contributed by atoms with van der Waals surface area (Å²) in [5, 5.41) is 13.6. The molecule has 0 spiro atoms. The highest BCUT2D eigenvalue weighted by Gasteiger charge is 2.17. The largest absolute Gasteiger partial charge is 0.395 e. The van der Waals surface area contributed by atoms with E-state index in [1.54, 1.807) is 23.5 Å². The highest BCUT2D eigenvalue weighted by Crippen LogP contribution is 2.32.